The van der Waals surface area contributed by atoms with Gasteiger partial charge < -0.3 is 19.9 Å². The fourth-order valence-electron chi connectivity index (χ4n) is 9.11. The molecule has 8 aromatic carbocycles. The van der Waals surface area contributed by atoms with Gasteiger partial charge in [0.2, 0.25) is 0 Å². The van der Waals surface area contributed by atoms with Gasteiger partial charge in [0.1, 0.15) is 11.6 Å². The van der Waals surface area contributed by atoms with Crippen LogP contribution in [0.4, 0.5) is 8.78 Å². The summed E-state index contributed by atoms with van der Waals surface area (Å²) in [6.07, 6.45) is 7.32. The van der Waals surface area contributed by atoms with Crippen molar-refractivity contribution in [3.63, 3.8) is 0 Å². The maximum Gasteiger partial charge on any atom is 0.126 e. The van der Waals surface area contributed by atoms with Crippen LogP contribution in [-0.4, -0.2) is 19.9 Å². The maximum atomic E-state index is 13.7. The van der Waals surface area contributed by atoms with E-state index in [0.29, 0.717) is 11.1 Å². The van der Waals surface area contributed by atoms with Crippen molar-refractivity contribution in [3.8, 4) is 89.5 Å². The Kier molecular flexibility index (Phi) is 27.0. The van der Waals surface area contributed by atoms with E-state index in [4.69, 9.17) is 0 Å². The molecule has 4 nitrogen and oxygen atoms in total. The number of hydrogen-bond acceptors (Lipinski definition) is 4. The molecule has 4 heterocycles. The number of aryl methyl sites for hydroxylation is 7. The molecule has 0 fully saturated rings. The molecule has 85 heavy (non-hydrogen) atoms. The molecule has 0 bridgehead atoms. The van der Waals surface area contributed by atoms with Gasteiger partial charge in [0.05, 0.1) is 0 Å². The monoisotopic (exact) mass is 1830 g/mol. The molecule has 0 amide bonds. The summed E-state index contributed by atoms with van der Waals surface area (Å²) >= 11 is 0. The molecule has 12 rings (SSSR count). The van der Waals surface area contributed by atoms with Gasteiger partial charge in [-0.15, -0.1) is 119 Å². The first kappa shape index (κ1) is 68.6. The normalized spacial score (nSPS) is 10.0. The van der Waals surface area contributed by atoms with Gasteiger partial charge in [0.15, 0.2) is 0 Å². The molecule has 434 valence electrons. The molecule has 0 saturated heterocycles. The first-order valence-electron chi connectivity index (χ1n) is 26.8. The van der Waals surface area contributed by atoms with Crippen molar-refractivity contribution in [3.05, 3.63) is 312 Å². The summed E-state index contributed by atoms with van der Waals surface area (Å²) in [6.45, 7) is 14.6. The quantitative estimate of drug-likeness (QED) is 0.142. The number of pyridine rings is 4. The van der Waals surface area contributed by atoms with Crippen molar-refractivity contribution in [1.82, 2.24) is 19.9 Å². The summed E-state index contributed by atoms with van der Waals surface area (Å²) in [6, 6.07) is 82.2. The van der Waals surface area contributed by atoms with Crippen LogP contribution in [0.5, 0.6) is 0 Å². The molecule has 0 N–H and O–H groups in total. The van der Waals surface area contributed by atoms with Crippen molar-refractivity contribution in [2.45, 2.75) is 48.5 Å². The van der Waals surface area contributed by atoms with E-state index in [-0.39, 0.29) is 80.4 Å². The first-order valence-corrected chi connectivity index (χ1v) is 26.8. The van der Waals surface area contributed by atoms with Crippen LogP contribution in [0.2, 0.25) is 0 Å². The third-order valence-corrected chi connectivity index (χ3v) is 13.5. The number of rotatable bonds is 8. The number of halogens is 2. The van der Waals surface area contributed by atoms with Crippen molar-refractivity contribution in [2.24, 2.45) is 0 Å². The van der Waals surface area contributed by atoms with Crippen LogP contribution in [0.1, 0.15) is 38.9 Å². The smallest absolute Gasteiger partial charge is 0.126 e. The van der Waals surface area contributed by atoms with E-state index < -0.39 is 11.6 Å². The molecule has 0 saturated carbocycles. The van der Waals surface area contributed by atoms with Gasteiger partial charge in [-0.2, -0.15) is 0 Å². The van der Waals surface area contributed by atoms with E-state index in [2.05, 4.69) is 194 Å². The van der Waals surface area contributed by atoms with Gasteiger partial charge in [-0.3, -0.25) is 0 Å². The topological polar surface area (TPSA) is 51.6 Å². The minimum absolute atomic E-state index is 0. The van der Waals surface area contributed by atoms with E-state index in [0.717, 1.165) is 56.7 Å². The summed E-state index contributed by atoms with van der Waals surface area (Å²) in [5.41, 5.74) is 24.5. The minimum Gasteiger partial charge on any atom is -0.305 e. The molecular weight excluding hydrogens is 1760 g/mol. The Bertz CT molecular complexity index is 3880. The first-order chi connectivity index (χ1) is 39.3. The SMILES string of the molecule is Cc1ccc(-c2[c-]cc(-c3ccccc3)cc2)nc1.Cc1ccnc(-c2[c-]cc(-c3ccc(C)cc3C)cc2)c1.Cc1ccnc(-c2[c-]cc(-c3ccc(F)cc3F)cc2)c1.Cc1ccnc(-c2[c-]cc(-c3ccccc3)c(C)c2)c1.[Ir].[Ir].[Ir].[Ir]. The number of aromatic nitrogens is 4. The Labute approximate surface area is 554 Å². The fourth-order valence-corrected chi connectivity index (χ4v) is 9.11. The van der Waals surface area contributed by atoms with E-state index in [9.17, 15) is 8.78 Å². The van der Waals surface area contributed by atoms with Crippen LogP contribution in [0.15, 0.2) is 237 Å². The van der Waals surface area contributed by atoms with E-state index >= 15 is 0 Å². The van der Waals surface area contributed by atoms with Crippen molar-refractivity contribution in [1.29, 1.82) is 0 Å². The molecule has 0 spiro atoms. The summed E-state index contributed by atoms with van der Waals surface area (Å²) in [7, 11) is 0. The van der Waals surface area contributed by atoms with Gasteiger partial charge in [-0.1, -0.05) is 189 Å². The molecular formula is C75H60F2Ir4N4-4. The molecule has 0 atom stereocenters. The van der Waals surface area contributed by atoms with Gasteiger partial charge in [-0.05, 0) is 99.7 Å². The predicted octanol–water partition coefficient (Wildman–Crippen LogP) is 19.3. The van der Waals surface area contributed by atoms with Crippen LogP contribution >= 0.6 is 0 Å². The standard InChI is InChI=1S/C20H18N.C19H16N.C18H12F2N.C18H14N.4Ir/c1-14-4-9-19(16(3)12-14)17-5-7-18(8-6-17)20-13-15(2)10-11-21-20;1-14-10-11-20-19(12-14)17-8-9-18(15(2)13-17)16-6-4-3-5-7-16;1-12-8-9-21-18(10-12)14-4-2-13(3-5-14)16-7-6-15(19)11-17(16)20;1-14-7-12-18(19-13-14)17-10-8-16(9-11-17)15-5-3-2-4-6-15;;;;/h4-7,9-13H,1-3H3;3-7,9-13H,1-2H3;2-4,6-11H,1H3;2-10,12-13H,1H3;;;;/q4*-1;;;;. The second-order valence-electron chi connectivity index (χ2n) is 20.0. The molecule has 0 aliphatic carbocycles. The van der Waals surface area contributed by atoms with Crippen molar-refractivity contribution >= 4 is 0 Å². The van der Waals surface area contributed by atoms with Crippen LogP contribution in [-0.2, 0) is 80.4 Å². The van der Waals surface area contributed by atoms with Crippen molar-refractivity contribution in [2.75, 3.05) is 0 Å². The Morgan fingerprint density at radius 3 is 1.19 bits per heavy atom. The van der Waals surface area contributed by atoms with Gasteiger partial charge in [0, 0.05) is 111 Å². The Hall–Kier alpha value is -7.18. The Balaban J connectivity index is 0.000000204. The van der Waals surface area contributed by atoms with Crippen LogP contribution in [0, 0.1) is 84.4 Å². The summed E-state index contributed by atoms with van der Waals surface area (Å²) in [4.78, 5) is 17.5. The number of benzene rings is 8. The van der Waals surface area contributed by atoms with E-state index in [1.807, 2.05) is 99.2 Å². The van der Waals surface area contributed by atoms with Gasteiger partial charge >= 0.3 is 0 Å². The largest absolute Gasteiger partial charge is 0.305 e. The average molecular weight is 1820 g/mol. The van der Waals surface area contributed by atoms with Crippen LogP contribution in [0.3, 0.4) is 0 Å². The molecule has 0 aliphatic heterocycles. The third-order valence-electron chi connectivity index (χ3n) is 13.5. The molecule has 4 radical (unpaired) electrons. The Morgan fingerprint density at radius 1 is 0.294 bits per heavy atom. The molecule has 12 aromatic rings. The maximum absolute atomic E-state index is 13.7. The average Bonchev–Trinajstić information content (AvgIpc) is 3.56. The zero-order chi connectivity index (χ0) is 56.7. The molecule has 4 aromatic heterocycles. The predicted molar refractivity (Wildman–Crippen MR) is 329 cm³/mol. The fraction of sp³-hybridized carbons (Fsp3) is 0.0933. The van der Waals surface area contributed by atoms with Crippen LogP contribution < -0.4 is 0 Å². The molecule has 0 unspecified atom stereocenters. The number of hydrogen-bond donors (Lipinski definition) is 0. The zero-order valence-electron chi connectivity index (χ0n) is 47.9. The number of nitrogens with zero attached hydrogens (tertiary/aromatic N) is 4. The molecule has 0 aliphatic rings. The van der Waals surface area contributed by atoms with Crippen LogP contribution in [0.25, 0.3) is 89.5 Å². The third kappa shape index (κ3) is 19.2. The summed E-state index contributed by atoms with van der Waals surface area (Å²) in [5.74, 6) is -1.16. The van der Waals surface area contributed by atoms with Gasteiger partial charge in [0.25, 0.3) is 0 Å². The second-order valence-corrected chi connectivity index (χ2v) is 20.0. The van der Waals surface area contributed by atoms with Gasteiger partial charge in [-0.25, -0.2) is 8.78 Å². The van der Waals surface area contributed by atoms with Crippen molar-refractivity contribution < 1.29 is 89.2 Å². The molecule has 10 heteroatoms. The minimum atomic E-state index is -0.583. The zero-order valence-corrected chi connectivity index (χ0v) is 57.5. The Morgan fingerprint density at radius 2 is 0.729 bits per heavy atom. The second kappa shape index (κ2) is 33.5. The summed E-state index contributed by atoms with van der Waals surface area (Å²) in [5, 5.41) is 0. The van der Waals surface area contributed by atoms with E-state index in [1.165, 1.54) is 78.9 Å². The summed E-state index contributed by atoms with van der Waals surface area (Å²) < 4.78 is 26.7. The van der Waals surface area contributed by atoms with E-state index in [1.54, 1.807) is 18.3 Å².